The van der Waals surface area contributed by atoms with E-state index in [-0.39, 0.29) is 5.60 Å². The molecule has 1 aliphatic rings. The number of benzene rings is 1. The molecule has 1 aliphatic heterocycles. The molecule has 0 radical (unpaired) electrons. The van der Waals surface area contributed by atoms with Crippen LogP contribution < -0.4 is 0 Å². The van der Waals surface area contributed by atoms with Crippen molar-refractivity contribution in [3.63, 3.8) is 0 Å². The Balaban J connectivity index is 1.67. The van der Waals surface area contributed by atoms with Gasteiger partial charge in [0.2, 0.25) is 0 Å². The molecule has 0 spiro atoms. The molecule has 4 nitrogen and oxygen atoms in total. The summed E-state index contributed by atoms with van der Waals surface area (Å²) < 4.78 is 7.79. The Morgan fingerprint density at radius 1 is 1.31 bits per heavy atom. The Kier molecular flexibility index (Phi) is 5.77. The SMILES string of the molecule is CCC(C(=O)O)N1Cc2sc(-c3ccc(COC(C)(C)C)cc3)cc2S1. The van der Waals surface area contributed by atoms with E-state index in [1.807, 2.05) is 11.2 Å². The number of rotatable bonds is 6. The van der Waals surface area contributed by atoms with Gasteiger partial charge in [0.05, 0.1) is 12.2 Å². The van der Waals surface area contributed by atoms with Crippen molar-refractivity contribution < 1.29 is 14.6 Å². The highest BCUT2D eigenvalue weighted by Crippen LogP contribution is 2.45. The van der Waals surface area contributed by atoms with E-state index < -0.39 is 12.0 Å². The van der Waals surface area contributed by atoms with Gasteiger partial charge >= 0.3 is 5.97 Å². The van der Waals surface area contributed by atoms with Crippen LogP contribution in [0.5, 0.6) is 0 Å². The summed E-state index contributed by atoms with van der Waals surface area (Å²) in [7, 11) is 0. The summed E-state index contributed by atoms with van der Waals surface area (Å²) in [6.45, 7) is 9.41. The van der Waals surface area contributed by atoms with Crippen LogP contribution in [0.2, 0.25) is 0 Å². The molecule has 0 aliphatic carbocycles. The highest BCUT2D eigenvalue weighted by atomic mass is 32.2. The molecule has 0 amide bonds. The maximum atomic E-state index is 11.4. The van der Waals surface area contributed by atoms with Crippen LogP contribution in [-0.4, -0.2) is 27.0 Å². The van der Waals surface area contributed by atoms with Gasteiger partial charge in [0.15, 0.2) is 0 Å². The molecule has 1 aromatic heterocycles. The van der Waals surface area contributed by atoms with Crippen molar-refractivity contribution in [3.8, 4) is 10.4 Å². The lowest BCUT2D eigenvalue weighted by molar-refractivity contribution is -0.141. The first-order valence-electron chi connectivity index (χ1n) is 8.80. The third-order valence-corrected chi connectivity index (χ3v) is 6.69. The van der Waals surface area contributed by atoms with Crippen LogP contribution in [-0.2, 0) is 22.7 Å². The fraction of sp³-hybridized carbons (Fsp3) is 0.450. The van der Waals surface area contributed by atoms with E-state index in [9.17, 15) is 9.90 Å². The third kappa shape index (κ3) is 4.49. The normalized spacial score (nSPS) is 15.8. The second kappa shape index (κ2) is 7.72. The number of hydrogen-bond acceptors (Lipinski definition) is 5. The van der Waals surface area contributed by atoms with E-state index in [0.29, 0.717) is 19.6 Å². The Morgan fingerprint density at radius 3 is 2.54 bits per heavy atom. The highest BCUT2D eigenvalue weighted by Gasteiger charge is 2.32. The summed E-state index contributed by atoms with van der Waals surface area (Å²) in [4.78, 5) is 15.0. The van der Waals surface area contributed by atoms with E-state index in [1.165, 1.54) is 25.8 Å². The molecule has 6 heteroatoms. The van der Waals surface area contributed by atoms with Gasteiger partial charge in [0.1, 0.15) is 6.04 Å². The number of thiophene rings is 1. The summed E-state index contributed by atoms with van der Waals surface area (Å²) in [5.41, 5.74) is 2.23. The van der Waals surface area contributed by atoms with Crippen molar-refractivity contribution >= 4 is 29.3 Å². The zero-order valence-corrected chi connectivity index (χ0v) is 17.2. The minimum absolute atomic E-state index is 0.136. The van der Waals surface area contributed by atoms with Gasteiger partial charge in [-0.25, -0.2) is 4.31 Å². The van der Waals surface area contributed by atoms with Crippen molar-refractivity contribution in [2.45, 2.75) is 63.8 Å². The zero-order chi connectivity index (χ0) is 18.9. The quantitative estimate of drug-likeness (QED) is 0.667. The molecule has 0 saturated heterocycles. The molecule has 2 aromatic rings. The number of ether oxygens (including phenoxy) is 1. The van der Waals surface area contributed by atoms with Gasteiger partial charge in [0, 0.05) is 21.2 Å². The predicted octanol–water partition coefficient (Wildman–Crippen LogP) is 5.42. The molecule has 140 valence electrons. The molecular weight excluding hydrogens is 366 g/mol. The summed E-state index contributed by atoms with van der Waals surface area (Å²) in [5.74, 6) is -0.747. The molecule has 0 fully saturated rings. The molecular formula is C20H25NO3S2. The monoisotopic (exact) mass is 391 g/mol. The summed E-state index contributed by atoms with van der Waals surface area (Å²) >= 11 is 3.32. The molecule has 1 N–H and O–H groups in total. The fourth-order valence-corrected chi connectivity index (χ4v) is 5.38. The van der Waals surface area contributed by atoms with E-state index >= 15 is 0 Å². The van der Waals surface area contributed by atoms with Crippen molar-refractivity contribution in [1.82, 2.24) is 4.31 Å². The smallest absolute Gasteiger partial charge is 0.321 e. The number of nitrogens with zero attached hydrogens (tertiary/aromatic N) is 1. The van der Waals surface area contributed by atoms with Crippen LogP contribution in [0.25, 0.3) is 10.4 Å². The molecule has 0 bridgehead atoms. The average molecular weight is 392 g/mol. The van der Waals surface area contributed by atoms with Crippen LogP contribution in [0.15, 0.2) is 35.2 Å². The molecule has 3 rings (SSSR count). The van der Waals surface area contributed by atoms with Crippen molar-refractivity contribution in [1.29, 1.82) is 0 Å². The lowest BCUT2D eigenvalue weighted by atomic mass is 10.1. The molecule has 1 aromatic carbocycles. The predicted molar refractivity (Wildman–Crippen MR) is 107 cm³/mol. The number of carbonyl (C=O) groups is 1. The Morgan fingerprint density at radius 2 is 2.00 bits per heavy atom. The molecule has 1 atom stereocenters. The highest BCUT2D eigenvalue weighted by molar-refractivity contribution is 7.97. The van der Waals surface area contributed by atoms with Gasteiger partial charge in [-0.05, 0) is 56.3 Å². The fourth-order valence-electron chi connectivity index (χ4n) is 2.78. The molecule has 2 heterocycles. The van der Waals surface area contributed by atoms with E-state index in [0.717, 1.165) is 0 Å². The molecule has 0 saturated carbocycles. The Labute approximate surface area is 163 Å². The second-order valence-electron chi connectivity index (χ2n) is 7.42. The largest absolute Gasteiger partial charge is 0.480 e. The maximum absolute atomic E-state index is 11.4. The lowest BCUT2D eigenvalue weighted by Crippen LogP contribution is -2.33. The lowest BCUT2D eigenvalue weighted by Gasteiger charge is -2.20. The third-order valence-electron chi connectivity index (χ3n) is 4.21. The van der Waals surface area contributed by atoms with Crippen LogP contribution in [0.3, 0.4) is 0 Å². The first-order chi connectivity index (χ1) is 12.3. The number of carboxylic acid groups (broad SMARTS) is 1. The zero-order valence-electron chi connectivity index (χ0n) is 15.6. The number of aliphatic carboxylic acids is 1. The molecule has 26 heavy (non-hydrogen) atoms. The summed E-state index contributed by atoms with van der Waals surface area (Å²) in [6.07, 6.45) is 0.613. The molecule has 1 unspecified atom stereocenters. The van der Waals surface area contributed by atoms with Gasteiger partial charge in [0.25, 0.3) is 0 Å². The van der Waals surface area contributed by atoms with E-state index in [2.05, 4.69) is 51.1 Å². The Hall–Kier alpha value is -1.34. The summed E-state index contributed by atoms with van der Waals surface area (Å²) in [5, 5.41) is 9.34. The van der Waals surface area contributed by atoms with Crippen molar-refractivity contribution in [3.05, 3.63) is 40.8 Å². The van der Waals surface area contributed by atoms with Gasteiger partial charge in [-0.1, -0.05) is 31.2 Å². The van der Waals surface area contributed by atoms with Gasteiger partial charge in [-0.15, -0.1) is 11.3 Å². The van der Waals surface area contributed by atoms with Crippen molar-refractivity contribution in [2.24, 2.45) is 0 Å². The van der Waals surface area contributed by atoms with Crippen LogP contribution in [0.4, 0.5) is 0 Å². The minimum Gasteiger partial charge on any atom is -0.480 e. The first-order valence-corrected chi connectivity index (χ1v) is 10.4. The maximum Gasteiger partial charge on any atom is 0.321 e. The summed E-state index contributed by atoms with van der Waals surface area (Å²) in [6, 6.07) is 10.3. The minimum atomic E-state index is -0.747. The standard InChI is InChI=1S/C20H25NO3S2/c1-5-15(19(22)23)21-11-18-17(26-21)10-16(25-18)14-8-6-13(7-9-14)12-24-20(2,3)4/h6-10,15H,5,11-12H2,1-4H3,(H,22,23). The van der Waals surface area contributed by atoms with E-state index in [4.69, 9.17) is 4.74 Å². The Bertz CT molecular complexity index is 754. The van der Waals surface area contributed by atoms with Crippen LogP contribution >= 0.6 is 23.3 Å². The number of hydrogen-bond donors (Lipinski definition) is 1. The first kappa shape index (κ1) is 19.4. The topological polar surface area (TPSA) is 49.8 Å². The van der Waals surface area contributed by atoms with Crippen LogP contribution in [0, 0.1) is 0 Å². The van der Waals surface area contributed by atoms with Gasteiger partial charge in [-0.2, -0.15) is 0 Å². The second-order valence-corrected chi connectivity index (χ2v) is 9.65. The van der Waals surface area contributed by atoms with Crippen molar-refractivity contribution in [2.75, 3.05) is 0 Å². The number of fused-ring (bicyclic) bond motifs is 1. The number of carboxylic acids is 1. The average Bonchev–Trinajstić information content (AvgIpc) is 3.12. The van der Waals surface area contributed by atoms with Gasteiger partial charge < -0.3 is 9.84 Å². The van der Waals surface area contributed by atoms with E-state index in [1.54, 1.807) is 23.3 Å². The van der Waals surface area contributed by atoms with Gasteiger partial charge in [-0.3, -0.25) is 4.79 Å². The van der Waals surface area contributed by atoms with Crippen LogP contribution in [0.1, 0.15) is 44.6 Å².